The molecule has 2 aromatic rings. The zero-order valence-electron chi connectivity index (χ0n) is 13.5. The van der Waals surface area contributed by atoms with Crippen molar-refractivity contribution in [3.63, 3.8) is 0 Å². The lowest BCUT2D eigenvalue weighted by molar-refractivity contribution is -0.115. The third-order valence-electron chi connectivity index (χ3n) is 3.24. The fraction of sp³-hybridized carbons (Fsp3) is 0.211. The smallest absolute Gasteiger partial charge is 0.237 e. The van der Waals surface area contributed by atoms with Gasteiger partial charge in [-0.1, -0.05) is 31.2 Å². The number of anilines is 1. The number of carbonyl (C=O) groups excluding carboxylic acids is 1. The molecule has 1 amide bonds. The maximum atomic E-state index is 12.5. The molecule has 0 fully saturated rings. The molecule has 2 rings (SSSR count). The monoisotopic (exact) mass is 361 g/mol. The zero-order chi connectivity index (χ0) is 17.4. The van der Waals surface area contributed by atoms with Crippen LogP contribution < -0.4 is 10.1 Å². The number of ether oxygens (including phenoxy) is 1. The Morgan fingerprint density at radius 2 is 1.92 bits per heavy atom. The van der Waals surface area contributed by atoms with Gasteiger partial charge in [-0.25, -0.2) is 0 Å². The standard InChI is InChI=1S/C19H20ClNO2S/c1-3-13-23-16-9-7-15(8-10-16)21-19(22)18(4-2)24-17-11-5-14(20)6-12-17/h3,5-12,18H,1,4,13H2,2H3,(H,21,22)/t18-/m1/s1. The van der Waals surface area contributed by atoms with Crippen molar-refractivity contribution in [1.82, 2.24) is 0 Å². The molecule has 2 aromatic carbocycles. The Hall–Kier alpha value is -1.91. The van der Waals surface area contributed by atoms with Gasteiger partial charge in [0.05, 0.1) is 5.25 Å². The minimum Gasteiger partial charge on any atom is -0.490 e. The van der Waals surface area contributed by atoms with Gasteiger partial charge in [-0.2, -0.15) is 0 Å². The Bertz CT molecular complexity index is 671. The summed E-state index contributed by atoms with van der Waals surface area (Å²) >= 11 is 7.42. The van der Waals surface area contributed by atoms with E-state index in [-0.39, 0.29) is 11.2 Å². The highest BCUT2D eigenvalue weighted by Gasteiger charge is 2.18. The van der Waals surface area contributed by atoms with Gasteiger partial charge in [-0.3, -0.25) is 4.79 Å². The summed E-state index contributed by atoms with van der Waals surface area (Å²) in [6, 6.07) is 14.8. The predicted molar refractivity (Wildman–Crippen MR) is 102 cm³/mol. The normalized spacial score (nSPS) is 11.6. The molecular formula is C19H20ClNO2S. The van der Waals surface area contributed by atoms with Crippen LogP contribution in [0.4, 0.5) is 5.69 Å². The number of benzene rings is 2. The van der Waals surface area contributed by atoms with Crippen molar-refractivity contribution in [3.8, 4) is 5.75 Å². The van der Waals surface area contributed by atoms with Crippen molar-refractivity contribution < 1.29 is 9.53 Å². The van der Waals surface area contributed by atoms with Crippen LogP contribution in [0.25, 0.3) is 0 Å². The molecular weight excluding hydrogens is 342 g/mol. The first-order chi connectivity index (χ1) is 11.6. The van der Waals surface area contributed by atoms with E-state index in [0.717, 1.165) is 22.8 Å². The second-order valence-electron chi connectivity index (χ2n) is 5.08. The molecule has 126 valence electrons. The minimum atomic E-state index is -0.164. The van der Waals surface area contributed by atoms with Crippen LogP contribution in [0, 0.1) is 0 Å². The number of carbonyl (C=O) groups is 1. The Balaban J connectivity index is 1.95. The summed E-state index contributed by atoms with van der Waals surface area (Å²) in [5.74, 6) is 0.729. The van der Waals surface area contributed by atoms with Gasteiger partial charge in [0.1, 0.15) is 12.4 Å². The van der Waals surface area contributed by atoms with Crippen LogP contribution in [-0.2, 0) is 4.79 Å². The van der Waals surface area contributed by atoms with Crippen LogP contribution in [0.5, 0.6) is 5.75 Å². The molecule has 1 atom stereocenters. The summed E-state index contributed by atoms with van der Waals surface area (Å²) in [5, 5.41) is 3.47. The van der Waals surface area contributed by atoms with E-state index in [1.54, 1.807) is 6.08 Å². The molecule has 0 unspecified atom stereocenters. The van der Waals surface area contributed by atoms with Gasteiger partial charge < -0.3 is 10.1 Å². The molecule has 0 spiro atoms. The molecule has 0 heterocycles. The summed E-state index contributed by atoms with van der Waals surface area (Å²) in [4.78, 5) is 13.5. The lowest BCUT2D eigenvalue weighted by Gasteiger charge is -2.15. The summed E-state index contributed by atoms with van der Waals surface area (Å²) < 4.78 is 5.43. The van der Waals surface area contributed by atoms with Crippen molar-refractivity contribution in [2.75, 3.05) is 11.9 Å². The molecule has 5 heteroatoms. The van der Waals surface area contributed by atoms with E-state index in [2.05, 4.69) is 11.9 Å². The fourth-order valence-electron chi connectivity index (χ4n) is 2.01. The van der Waals surface area contributed by atoms with Gasteiger partial charge in [0.25, 0.3) is 0 Å². The number of amides is 1. The van der Waals surface area contributed by atoms with Crippen LogP contribution in [0.1, 0.15) is 13.3 Å². The molecule has 0 aliphatic rings. The molecule has 1 N–H and O–H groups in total. The zero-order valence-corrected chi connectivity index (χ0v) is 15.1. The van der Waals surface area contributed by atoms with E-state index in [0.29, 0.717) is 11.6 Å². The van der Waals surface area contributed by atoms with Crippen LogP contribution in [0.15, 0.2) is 66.1 Å². The SMILES string of the molecule is C=CCOc1ccc(NC(=O)[C@@H](CC)Sc2ccc(Cl)cc2)cc1. The molecule has 0 radical (unpaired) electrons. The van der Waals surface area contributed by atoms with Gasteiger partial charge in [0, 0.05) is 15.6 Å². The summed E-state index contributed by atoms with van der Waals surface area (Å²) in [6.07, 6.45) is 2.43. The van der Waals surface area contributed by atoms with Crippen LogP contribution >= 0.6 is 23.4 Å². The molecule has 0 saturated heterocycles. The Morgan fingerprint density at radius 3 is 2.50 bits per heavy atom. The molecule has 3 nitrogen and oxygen atoms in total. The highest BCUT2D eigenvalue weighted by molar-refractivity contribution is 8.00. The molecule has 24 heavy (non-hydrogen) atoms. The van der Waals surface area contributed by atoms with E-state index < -0.39 is 0 Å². The van der Waals surface area contributed by atoms with E-state index in [1.165, 1.54) is 11.8 Å². The quantitative estimate of drug-likeness (QED) is 0.504. The molecule has 0 aromatic heterocycles. The van der Waals surface area contributed by atoms with E-state index in [1.807, 2.05) is 55.5 Å². The van der Waals surface area contributed by atoms with Gasteiger partial charge in [0.2, 0.25) is 5.91 Å². The third-order valence-corrected chi connectivity index (χ3v) is 4.87. The Labute approximate surface area is 152 Å². The lowest BCUT2D eigenvalue weighted by atomic mass is 10.2. The highest BCUT2D eigenvalue weighted by atomic mass is 35.5. The first kappa shape index (κ1) is 18.4. The maximum Gasteiger partial charge on any atom is 0.237 e. The number of rotatable bonds is 8. The van der Waals surface area contributed by atoms with Gasteiger partial charge in [-0.15, -0.1) is 11.8 Å². The average Bonchev–Trinajstić information content (AvgIpc) is 2.60. The predicted octanol–water partition coefficient (Wildman–Crippen LogP) is 5.41. The second-order valence-corrected chi connectivity index (χ2v) is 6.79. The van der Waals surface area contributed by atoms with Gasteiger partial charge in [-0.05, 0) is 55.0 Å². The maximum absolute atomic E-state index is 12.5. The van der Waals surface area contributed by atoms with Crippen molar-refractivity contribution in [2.45, 2.75) is 23.5 Å². The fourth-order valence-corrected chi connectivity index (χ4v) is 3.09. The van der Waals surface area contributed by atoms with Crippen molar-refractivity contribution in [1.29, 1.82) is 0 Å². The molecule has 0 bridgehead atoms. The van der Waals surface area contributed by atoms with Crippen molar-refractivity contribution in [2.24, 2.45) is 0 Å². The van der Waals surface area contributed by atoms with Crippen LogP contribution in [0.3, 0.4) is 0 Å². The summed E-state index contributed by atoms with van der Waals surface area (Å²) in [7, 11) is 0. The molecule has 0 aliphatic heterocycles. The summed E-state index contributed by atoms with van der Waals surface area (Å²) in [6.45, 7) is 6.07. The Morgan fingerprint density at radius 1 is 1.25 bits per heavy atom. The van der Waals surface area contributed by atoms with E-state index in [4.69, 9.17) is 16.3 Å². The van der Waals surface area contributed by atoms with Crippen molar-refractivity contribution in [3.05, 3.63) is 66.2 Å². The van der Waals surface area contributed by atoms with Gasteiger partial charge >= 0.3 is 0 Å². The first-order valence-electron chi connectivity index (χ1n) is 7.69. The number of nitrogens with one attached hydrogen (secondary N) is 1. The topological polar surface area (TPSA) is 38.3 Å². The van der Waals surface area contributed by atoms with Crippen LogP contribution in [0.2, 0.25) is 5.02 Å². The van der Waals surface area contributed by atoms with E-state index >= 15 is 0 Å². The van der Waals surface area contributed by atoms with Crippen molar-refractivity contribution >= 4 is 35.0 Å². The van der Waals surface area contributed by atoms with E-state index in [9.17, 15) is 4.79 Å². The molecule has 0 aliphatic carbocycles. The minimum absolute atomic E-state index is 0.0165. The lowest BCUT2D eigenvalue weighted by Crippen LogP contribution is -2.24. The number of hydrogen-bond acceptors (Lipinski definition) is 3. The molecule has 0 saturated carbocycles. The third kappa shape index (κ3) is 5.62. The van der Waals surface area contributed by atoms with Gasteiger partial charge in [0.15, 0.2) is 0 Å². The number of hydrogen-bond donors (Lipinski definition) is 1. The summed E-state index contributed by atoms with van der Waals surface area (Å²) in [5.41, 5.74) is 0.751. The second kappa shape index (κ2) is 9.40. The number of halogens is 1. The highest BCUT2D eigenvalue weighted by Crippen LogP contribution is 2.27. The largest absolute Gasteiger partial charge is 0.490 e. The van der Waals surface area contributed by atoms with Crippen LogP contribution in [-0.4, -0.2) is 17.8 Å². The average molecular weight is 362 g/mol. The first-order valence-corrected chi connectivity index (χ1v) is 8.95. The number of thioether (sulfide) groups is 1. The Kier molecular flexibility index (Phi) is 7.22.